The SMILES string of the molecule is CCn1ccnc1[C@@H]1OCC[C@H]1CNC(C)C(C)(C)n1cncn1. The summed E-state index contributed by atoms with van der Waals surface area (Å²) in [5.41, 5.74) is -0.145. The Morgan fingerprint density at radius 2 is 2.29 bits per heavy atom. The smallest absolute Gasteiger partial charge is 0.138 e. The molecule has 2 aromatic heterocycles. The van der Waals surface area contributed by atoms with Crippen LogP contribution >= 0.6 is 0 Å². The molecule has 7 nitrogen and oxygen atoms in total. The highest BCUT2D eigenvalue weighted by atomic mass is 16.5. The molecule has 1 unspecified atom stereocenters. The van der Waals surface area contributed by atoms with E-state index in [1.54, 1.807) is 12.7 Å². The predicted molar refractivity (Wildman–Crippen MR) is 91.5 cm³/mol. The largest absolute Gasteiger partial charge is 0.370 e. The van der Waals surface area contributed by atoms with E-state index in [-0.39, 0.29) is 17.7 Å². The third-order valence-corrected chi connectivity index (χ3v) is 5.31. The lowest BCUT2D eigenvalue weighted by atomic mass is 9.94. The first-order chi connectivity index (χ1) is 11.5. The van der Waals surface area contributed by atoms with E-state index < -0.39 is 0 Å². The molecule has 3 heterocycles. The van der Waals surface area contributed by atoms with Gasteiger partial charge in [-0.2, -0.15) is 5.10 Å². The van der Waals surface area contributed by atoms with Crippen LogP contribution in [-0.2, 0) is 16.8 Å². The van der Waals surface area contributed by atoms with Gasteiger partial charge in [0.25, 0.3) is 0 Å². The van der Waals surface area contributed by atoms with Gasteiger partial charge in [0.2, 0.25) is 0 Å². The summed E-state index contributed by atoms with van der Waals surface area (Å²) in [4.78, 5) is 8.59. The lowest BCUT2D eigenvalue weighted by Gasteiger charge is -2.33. The van der Waals surface area contributed by atoms with Crippen LogP contribution in [0.3, 0.4) is 0 Å². The Hall–Kier alpha value is -1.73. The molecule has 1 fully saturated rings. The minimum Gasteiger partial charge on any atom is -0.370 e. The van der Waals surface area contributed by atoms with Gasteiger partial charge in [0.05, 0.1) is 5.54 Å². The van der Waals surface area contributed by atoms with Crippen molar-refractivity contribution in [2.24, 2.45) is 5.92 Å². The summed E-state index contributed by atoms with van der Waals surface area (Å²) >= 11 is 0. The van der Waals surface area contributed by atoms with E-state index in [4.69, 9.17) is 4.74 Å². The minimum atomic E-state index is -0.145. The molecule has 24 heavy (non-hydrogen) atoms. The van der Waals surface area contributed by atoms with Crippen molar-refractivity contribution in [3.8, 4) is 0 Å². The fraction of sp³-hybridized carbons (Fsp3) is 0.706. The Bertz CT molecular complexity index is 635. The fourth-order valence-corrected chi connectivity index (χ4v) is 3.26. The van der Waals surface area contributed by atoms with E-state index in [1.165, 1.54) is 0 Å². The van der Waals surface area contributed by atoms with E-state index in [2.05, 4.69) is 52.6 Å². The third-order valence-electron chi connectivity index (χ3n) is 5.31. The number of aryl methyl sites for hydroxylation is 1. The van der Waals surface area contributed by atoms with Crippen molar-refractivity contribution in [1.82, 2.24) is 29.6 Å². The molecule has 0 radical (unpaired) electrons. The van der Waals surface area contributed by atoms with Gasteiger partial charge < -0.3 is 14.6 Å². The molecule has 0 aromatic carbocycles. The standard InChI is InChI=1S/C17H28N6O/c1-5-22-8-7-19-16(22)15-14(6-9-24-15)10-20-13(2)17(3,4)23-12-18-11-21-23/h7-8,11-15,20H,5-6,9-10H2,1-4H3/t13?,14-,15+/m0/s1. The highest BCUT2D eigenvalue weighted by Crippen LogP contribution is 2.33. The molecule has 1 saturated heterocycles. The van der Waals surface area contributed by atoms with E-state index in [0.29, 0.717) is 5.92 Å². The molecular formula is C17H28N6O. The second-order valence-electron chi connectivity index (χ2n) is 7.04. The Morgan fingerprint density at radius 3 is 3.00 bits per heavy atom. The van der Waals surface area contributed by atoms with Crippen molar-refractivity contribution in [3.05, 3.63) is 30.9 Å². The molecule has 0 bridgehead atoms. The van der Waals surface area contributed by atoms with Crippen molar-refractivity contribution in [3.63, 3.8) is 0 Å². The van der Waals surface area contributed by atoms with Gasteiger partial charge in [-0.25, -0.2) is 14.6 Å². The average molecular weight is 332 g/mol. The summed E-state index contributed by atoms with van der Waals surface area (Å²) in [6.07, 6.45) is 8.39. The molecule has 1 N–H and O–H groups in total. The van der Waals surface area contributed by atoms with Gasteiger partial charge >= 0.3 is 0 Å². The summed E-state index contributed by atoms with van der Waals surface area (Å²) in [6.45, 7) is 11.3. The van der Waals surface area contributed by atoms with Gasteiger partial charge in [-0.15, -0.1) is 0 Å². The maximum absolute atomic E-state index is 5.99. The molecule has 1 aliphatic heterocycles. The molecular weight excluding hydrogens is 304 g/mol. The molecule has 3 atom stereocenters. The van der Waals surface area contributed by atoms with Crippen molar-refractivity contribution >= 4 is 0 Å². The first-order valence-corrected chi connectivity index (χ1v) is 8.75. The Kier molecular flexibility index (Phi) is 5.01. The first-order valence-electron chi connectivity index (χ1n) is 8.75. The zero-order valence-corrected chi connectivity index (χ0v) is 15.0. The normalized spacial score (nSPS) is 22.8. The van der Waals surface area contributed by atoms with Gasteiger partial charge in [0.15, 0.2) is 0 Å². The number of nitrogens with zero attached hydrogens (tertiary/aromatic N) is 5. The molecule has 3 rings (SSSR count). The molecule has 1 aliphatic rings. The number of ether oxygens (including phenoxy) is 1. The van der Waals surface area contributed by atoms with E-state index in [9.17, 15) is 0 Å². The summed E-state index contributed by atoms with van der Waals surface area (Å²) in [5.74, 6) is 1.48. The van der Waals surface area contributed by atoms with Crippen molar-refractivity contribution in [2.45, 2.75) is 58.3 Å². The molecule has 0 saturated carbocycles. The third kappa shape index (κ3) is 3.23. The Balaban J connectivity index is 1.63. The van der Waals surface area contributed by atoms with Crippen LogP contribution in [0, 0.1) is 5.92 Å². The quantitative estimate of drug-likeness (QED) is 0.839. The van der Waals surface area contributed by atoms with E-state index in [0.717, 1.165) is 31.9 Å². The maximum Gasteiger partial charge on any atom is 0.138 e. The monoisotopic (exact) mass is 332 g/mol. The van der Waals surface area contributed by atoms with Crippen LogP contribution in [-0.4, -0.2) is 43.5 Å². The van der Waals surface area contributed by atoms with Crippen LogP contribution in [0.25, 0.3) is 0 Å². The van der Waals surface area contributed by atoms with Crippen molar-refractivity contribution in [2.75, 3.05) is 13.2 Å². The summed E-state index contributed by atoms with van der Waals surface area (Å²) in [6, 6.07) is 0.256. The number of hydrogen-bond donors (Lipinski definition) is 1. The van der Waals surface area contributed by atoms with Crippen LogP contribution in [0.4, 0.5) is 0 Å². The number of hydrogen-bond acceptors (Lipinski definition) is 5. The highest BCUT2D eigenvalue weighted by Gasteiger charge is 2.34. The molecule has 7 heteroatoms. The topological polar surface area (TPSA) is 69.8 Å². The van der Waals surface area contributed by atoms with Gasteiger partial charge in [-0.1, -0.05) is 0 Å². The average Bonchev–Trinajstić information content (AvgIpc) is 3.32. The minimum absolute atomic E-state index is 0.0779. The molecule has 2 aromatic rings. The second kappa shape index (κ2) is 7.03. The predicted octanol–water partition coefficient (Wildman–Crippen LogP) is 1.99. The number of nitrogens with one attached hydrogen (secondary N) is 1. The first kappa shape index (κ1) is 17.1. The molecule has 0 amide bonds. The second-order valence-corrected chi connectivity index (χ2v) is 7.04. The van der Waals surface area contributed by atoms with E-state index in [1.807, 2.05) is 17.1 Å². The summed E-state index contributed by atoms with van der Waals surface area (Å²) in [5, 5.41) is 7.97. The lowest BCUT2D eigenvalue weighted by molar-refractivity contribution is 0.0782. The van der Waals surface area contributed by atoms with Crippen LogP contribution in [0.2, 0.25) is 0 Å². The van der Waals surface area contributed by atoms with Gasteiger partial charge in [-0.05, 0) is 34.1 Å². The van der Waals surface area contributed by atoms with Crippen LogP contribution in [0.1, 0.15) is 46.0 Å². The van der Waals surface area contributed by atoms with Crippen molar-refractivity contribution < 1.29 is 4.74 Å². The van der Waals surface area contributed by atoms with Crippen LogP contribution in [0.15, 0.2) is 25.0 Å². The Morgan fingerprint density at radius 1 is 1.46 bits per heavy atom. The lowest BCUT2D eigenvalue weighted by Crippen LogP contribution is -2.48. The maximum atomic E-state index is 5.99. The number of rotatable bonds is 7. The van der Waals surface area contributed by atoms with Gasteiger partial charge in [0, 0.05) is 44.0 Å². The van der Waals surface area contributed by atoms with Crippen LogP contribution in [0.5, 0.6) is 0 Å². The summed E-state index contributed by atoms with van der Waals surface area (Å²) < 4.78 is 10.1. The van der Waals surface area contributed by atoms with Crippen LogP contribution < -0.4 is 5.32 Å². The van der Waals surface area contributed by atoms with Gasteiger partial charge in [-0.3, -0.25) is 0 Å². The Labute approximate surface area is 143 Å². The fourth-order valence-electron chi connectivity index (χ4n) is 3.26. The molecule has 0 spiro atoms. The zero-order valence-electron chi connectivity index (χ0n) is 15.0. The van der Waals surface area contributed by atoms with Gasteiger partial charge in [0.1, 0.15) is 24.6 Å². The highest BCUT2D eigenvalue weighted by molar-refractivity contribution is 5.02. The summed E-state index contributed by atoms with van der Waals surface area (Å²) in [7, 11) is 0. The molecule has 0 aliphatic carbocycles. The zero-order chi connectivity index (χ0) is 17.2. The molecule has 132 valence electrons. The van der Waals surface area contributed by atoms with E-state index >= 15 is 0 Å². The van der Waals surface area contributed by atoms with Crippen molar-refractivity contribution in [1.29, 1.82) is 0 Å². The number of aromatic nitrogens is 5. The number of imidazole rings is 1.